The zero-order valence-electron chi connectivity index (χ0n) is 27.8. The van der Waals surface area contributed by atoms with Gasteiger partial charge in [0.15, 0.2) is 8.32 Å². The van der Waals surface area contributed by atoms with Crippen molar-refractivity contribution in [3.63, 3.8) is 0 Å². The third-order valence-electron chi connectivity index (χ3n) is 10.0. The number of aliphatic hydroxyl groups is 1. The Morgan fingerprint density at radius 2 is 1.64 bits per heavy atom. The number of fused-ring (bicyclic) bond motifs is 1. The predicted octanol–water partition coefficient (Wildman–Crippen LogP) is 8.44. The van der Waals surface area contributed by atoms with Crippen molar-refractivity contribution in [3.8, 4) is 0 Å². The van der Waals surface area contributed by atoms with E-state index in [1.54, 1.807) is 12.1 Å². The van der Waals surface area contributed by atoms with Gasteiger partial charge in [0.25, 0.3) is 0 Å². The molecule has 0 aliphatic heterocycles. The maximum Gasteiger partial charge on any atom is 0.349 e. The van der Waals surface area contributed by atoms with E-state index in [0.717, 1.165) is 58.2 Å². The Morgan fingerprint density at radius 1 is 1.00 bits per heavy atom. The van der Waals surface area contributed by atoms with Crippen LogP contribution in [0.1, 0.15) is 68.2 Å². The van der Waals surface area contributed by atoms with Gasteiger partial charge in [-0.1, -0.05) is 51.1 Å². The maximum absolute atomic E-state index is 13.4. The number of carbonyl (C=O) groups excluding carboxylic acids is 1. The molecule has 3 aromatic heterocycles. The Balaban J connectivity index is 1.11. The highest BCUT2D eigenvalue weighted by atomic mass is 32.1. The van der Waals surface area contributed by atoms with Gasteiger partial charge in [-0.3, -0.25) is 0 Å². The Bertz CT molecular complexity index is 1480. The minimum atomic E-state index is -1.77. The Hall–Kier alpha value is -2.27. The average molecular weight is 667 g/mol. The molecule has 0 amide bonds. The number of rotatable bonds is 13. The van der Waals surface area contributed by atoms with Gasteiger partial charge >= 0.3 is 5.97 Å². The summed E-state index contributed by atoms with van der Waals surface area (Å²) >= 11 is 2.76. The highest BCUT2D eigenvalue weighted by Gasteiger charge is 2.45. The van der Waals surface area contributed by atoms with Crippen molar-refractivity contribution >= 4 is 47.9 Å². The van der Waals surface area contributed by atoms with Crippen molar-refractivity contribution in [1.29, 1.82) is 0 Å². The second-order valence-electron chi connectivity index (χ2n) is 14.1. The van der Waals surface area contributed by atoms with Crippen LogP contribution in [0, 0.1) is 0 Å². The third kappa shape index (κ3) is 7.66. The first-order valence-electron chi connectivity index (χ1n) is 16.3. The van der Waals surface area contributed by atoms with Crippen LogP contribution in [0.15, 0.2) is 65.5 Å². The highest BCUT2D eigenvalue weighted by molar-refractivity contribution is 7.12. The molecule has 0 unspecified atom stereocenters. The van der Waals surface area contributed by atoms with Gasteiger partial charge in [0.2, 0.25) is 5.60 Å². The summed E-state index contributed by atoms with van der Waals surface area (Å²) in [4.78, 5) is 17.1. The minimum absolute atomic E-state index is 0.166. The number of hydrogen-bond acceptors (Lipinski definition) is 7. The lowest BCUT2D eigenvalue weighted by Gasteiger charge is -2.36. The van der Waals surface area contributed by atoms with Crippen LogP contribution in [0.4, 0.5) is 0 Å². The molecule has 0 bridgehead atoms. The van der Waals surface area contributed by atoms with Crippen molar-refractivity contribution in [2.24, 2.45) is 0 Å². The lowest BCUT2D eigenvalue weighted by Crippen LogP contribution is -2.42. The Labute approximate surface area is 278 Å². The zero-order chi connectivity index (χ0) is 32.2. The molecule has 1 fully saturated rings. The molecule has 1 N–H and O–H groups in total. The van der Waals surface area contributed by atoms with E-state index in [4.69, 9.17) is 9.16 Å². The number of aromatic nitrogens is 1. The second kappa shape index (κ2) is 14.2. The second-order valence-corrected chi connectivity index (χ2v) is 20.8. The van der Waals surface area contributed by atoms with Crippen molar-refractivity contribution in [2.45, 2.75) is 102 Å². The van der Waals surface area contributed by atoms with Gasteiger partial charge in [0, 0.05) is 29.7 Å². The molecular formula is C36H50N2O4S2Si. The molecule has 1 aromatic carbocycles. The van der Waals surface area contributed by atoms with Crippen LogP contribution in [0.25, 0.3) is 10.9 Å². The molecule has 6 nitrogen and oxygen atoms in total. The summed E-state index contributed by atoms with van der Waals surface area (Å²) in [6.07, 6.45) is 7.91. The van der Waals surface area contributed by atoms with Crippen LogP contribution < -0.4 is 0 Å². The van der Waals surface area contributed by atoms with Crippen molar-refractivity contribution in [1.82, 2.24) is 9.47 Å². The van der Waals surface area contributed by atoms with Crippen LogP contribution in [0.2, 0.25) is 18.1 Å². The van der Waals surface area contributed by atoms with Gasteiger partial charge in [-0.25, -0.2) is 4.79 Å². The van der Waals surface area contributed by atoms with Crippen LogP contribution in [0.5, 0.6) is 0 Å². The molecule has 0 radical (unpaired) electrons. The standard InChI is InChI=1S/C36H50N2O4S2Si/c1-35(2,3)45(5,6)41-23-22-38-26-27(30-13-7-8-14-31(30)38)12-9-21-37(4)28-17-19-29(20-18-28)42-34(39)36(40,32-15-10-24-43-32)33-16-11-25-44-33/h7-8,10-11,13-16,24-26,28-29,40H,9,12,17-23H2,1-6H3/t28-,29-. The molecule has 5 rings (SSSR count). The van der Waals surface area contributed by atoms with E-state index in [-0.39, 0.29) is 11.1 Å². The molecule has 0 spiro atoms. The summed E-state index contributed by atoms with van der Waals surface area (Å²) in [5.41, 5.74) is 0.958. The number of benzene rings is 1. The first-order valence-corrected chi connectivity index (χ1v) is 21.0. The molecule has 9 heteroatoms. The fraction of sp³-hybridized carbons (Fsp3) is 0.528. The normalized spacial score (nSPS) is 18.1. The molecule has 1 aliphatic carbocycles. The molecule has 0 atom stereocenters. The van der Waals surface area contributed by atoms with Gasteiger partial charge in [-0.2, -0.15) is 0 Å². The van der Waals surface area contributed by atoms with E-state index in [1.165, 1.54) is 39.1 Å². The topological polar surface area (TPSA) is 63.9 Å². The number of ether oxygens (including phenoxy) is 1. The summed E-state index contributed by atoms with van der Waals surface area (Å²) in [6.45, 7) is 14.2. The van der Waals surface area contributed by atoms with Gasteiger partial charge < -0.3 is 23.7 Å². The first kappa shape index (κ1) is 34.1. The summed E-state index contributed by atoms with van der Waals surface area (Å²) < 4.78 is 14.8. The smallest absolute Gasteiger partial charge is 0.349 e. The van der Waals surface area contributed by atoms with E-state index in [9.17, 15) is 9.90 Å². The number of nitrogens with zero attached hydrogens (tertiary/aromatic N) is 2. The van der Waals surface area contributed by atoms with Crippen molar-refractivity contribution < 1.29 is 19.1 Å². The summed E-state index contributed by atoms with van der Waals surface area (Å²) in [5, 5.41) is 16.9. The Morgan fingerprint density at radius 3 is 2.24 bits per heavy atom. The maximum atomic E-state index is 13.4. The van der Waals surface area contributed by atoms with Gasteiger partial charge in [-0.15, -0.1) is 22.7 Å². The van der Waals surface area contributed by atoms with Crippen LogP contribution in [0.3, 0.4) is 0 Å². The molecule has 45 heavy (non-hydrogen) atoms. The van der Waals surface area contributed by atoms with Gasteiger partial charge in [0.1, 0.15) is 6.10 Å². The first-order chi connectivity index (χ1) is 21.4. The van der Waals surface area contributed by atoms with E-state index in [0.29, 0.717) is 15.8 Å². The number of thiophene rings is 2. The van der Waals surface area contributed by atoms with Crippen molar-refractivity contribution in [2.75, 3.05) is 20.2 Å². The number of esters is 1. The number of carbonyl (C=O) groups is 1. The van der Waals surface area contributed by atoms with E-state index < -0.39 is 19.9 Å². The molecular weight excluding hydrogens is 617 g/mol. The SMILES string of the molecule is CN(CCCc1cn(CCO[Si](C)(C)C(C)(C)C)c2ccccc12)[C@H]1CC[C@H](OC(=O)C(O)(c2cccs2)c2cccs2)CC1. The fourth-order valence-corrected chi connectivity index (χ4v) is 8.90. The van der Waals surface area contributed by atoms with Gasteiger partial charge in [-0.05, 0) is 105 Å². The van der Waals surface area contributed by atoms with E-state index in [1.807, 2.05) is 22.9 Å². The average Bonchev–Trinajstić information content (AvgIpc) is 3.80. The molecule has 4 aromatic rings. The van der Waals surface area contributed by atoms with Crippen LogP contribution in [-0.2, 0) is 32.5 Å². The molecule has 244 valence electrons. The highest BCUT2D eigenvalue weighted by Crippen LogP contribution is 2.38. The van der Waals surface area contributed by atoms with E-state index >= 15 is 0 Å². The quantitative estimate of drug-likeness (QED) is 0.115. The summed E-state index contributed by atoms with van der Waals surface area (Å²) in [6, 6.07) is 16.5. The van der Waals surface area contributed by atoms with Gasteiger partial charge in [0.05, 0.1) is 16.4 Å². The Kier molecular flexibility index (Phi) is 10.8. The summed E-state index contributed by atoms with van der Waals surface area (Å²) in [7, 11) is 0.459. The van der Waals surface area contributed by atoms with Crippen LogP contribution in [-0.4, -0.2) is 61.2 Å². The third-order valence-corrected chi connectivity index (χ3v) is 16.5. The van der Waals surface area contributed by atoms with Crippen molar-refractivity contribution in [3.05, 3.63) is 80.8 Å². The predicted molar refractivity (Wildman–Crippen MR) is 190 cm³/mol. The number of para-hydroxylation sites is 1. The number of hydrogen-bond donors (Lipinski definition) is 1. The van der Waals surface area contributed by atoms with E-state index in [2.05, 4.69) is 80.8 Å². The minimum Gasteiger partial charge on any atom is -0.460 e. The monoisotopic (exact) mass is 666 g/mol. The van der Waals surface area contributed by atoms with Crippen LogP contribution >= 0.6 is 22.7 Å². The number of aryl methyl sites for hydroxylation is 1. The lowest BCUT2D eigenvalue weighted by molar-refractivity contribution is -0.169. The molecule has 1 aliphatic rings. The zero-order valence-corrected chi connectivity index (χ0v) is 30.4. The molecule has 3 heterocycles. The lowest BCUT2D eigenvalue weighted by atomic mass is 9.91. The largest absolute Gasteiger partial charge is 0.460 e. The fourth-order valence-electron chi connectivity index (χ4n) is 6.16. The summed E-state index contributed by atoms with van der Waals surface area (Å²) in [5.74, 6) is -0.560. The molecule has 0 saturated heterocycles. The molecule has 1 saturated carbocycles.